The van der Waals surface area contributed by atoms with Crippen LogP contribution < -0.4 is 11.2 Å². The average Bonchev–Trinajstić information content (AvgIpc) is 3.11. The van der Waals surface area contributed by atoms with Gasteiger partial charge in [0.2, 0.25) is 0 Å². The second kappa shape index (κ2) is 7.59. The van der Waals surface area contributed by atoms with Gasteiger partial charge in [0.05, 0.1) is 12.7 Å². The number of aliphatic hydroxyl groups is 2. The smallest absolute Gasteiger partial charge is 0.330 e. The minimum Gasteiger partial charge on any atom is -0.394 e. The van der Waals surface area contributed by atoms with Crippen LogP contribution in [-0.2, 0) is 11.3 Å². The number of aromatic nitrogens is 2. The third-order valence-corrected chi connectivity index (χ3v) is 4.33. The minimum absolute atomic E-state index is 0. The van der Waals surface area contributed by atoms with Gasteiger partial charge in [-0.05, 0) is 25.9 Å². The van der Waals surface area contributed by atoms with Crippen LogP contribution in [0.1, 0.15) is 31.1 Å². The Morgan fingerprint density at radius 2 is 2.00 bits per heavy atom. The molecular formula is C14H22ClN3O5. The van der Waals surface area contributed by atoms with Crippen molar-refractivity contribution >= 4 is 12.4 Å². The number of likely N-dealkylation sites (tertiary alicyclic amines) is 1. The molecule has 0 spiro atoms. The molecule has 3 rings (SSSR count). The van der Waals surface area contributed by atoms with Crippen LogP contribution in [0, 0.1) is 0 Å². The van der Waals surface area contributed by atoms with Crippen LogP contribution in [0.2, 0.25) is 0 Å². The van der Waals surface area contributed by atoms with E-state index in [2.05, 4.69) is 9.88 Å². The molecule has 2 saturated heterocycles. The fourth-order valence-electron chi connectivity index (χ4n) is 3.09. The van der Waals surface area contributed by atoms with Crippen molar-refractivity contribution in [3.63, 3.8) is 0 Å². The van der Waals surface area contributed by atoms with E-state index in [1.807, 2.05) is 0 Å². The van der Waals surface area contributed by atoms with Crippen molar-refractivity contribution in [3.05, 3.63) is 32.6 Å². The summed E-state index contributed by atoms with van der Waals surface area (Å²) in [6.45, 7) is 2.08. The lowest BCUT2D eigenvalue weighted by atomic mass is 10.2. The van der Waals surface area contributed by atoms with Crippen molar-refractivity contribution in [3.8, 4) is 0 Å². The van der Waals surface area contributed by atoms with Crippen molar-refractivity contribution in [1.82, 2.24) is 14.5 Å². The average molecular weight is 348 g/mol. The van der Waals surface area contributed by atoms with E-state index >= 15 is 0 Å². The van der Waals surface area contributed by atoms with Crippen LogP contribution in [0.5, 0.6) is 0 Å². The molecule has 1 aromatic heterocycles. The number of nitrogens with one attached hydrogen (secondary N) is 1. The summed E-state index contributed by atoms with van der Waals surface area (Å²) in [5.41, 5.74) is -0.441. The van der Waals surface area contributed by atoms with Crippen LogP contribution in [-0.4, -0.2) is 56.6 Å². The molecule has 23 heavy (non-hydrogen) atoms. The highest BCUT2D eigenvalue weighted by atomic mass is 35.5. The highest BCUT2D eigenvalue weighted by Gasteiger charge is 2.35. The maximum atomic E-state index is 12.0. The van der Waals surface area contributed by atoms with Gasteiger partial charge in [0.25, 0.3) is 5.56 Å². The molecule has 3 atom stereocenters. The van der Waals surface area contributed by atoms with Gasteiger partial charge in [0, 0.05) is 24.7 Å². The fourth-order valence-corrected chi connectivity index (χ4v) is 3.09. The number of aliphatic hydroxyl groups excluding tert-OH is 2. The number of hydrogen-bond acceptors (Lipinski definition) is 6. The monoisotopic (exact) mass is 347 g/mol. The summed E-state index contributed by atoms with van der Waals surface area (Å²) in [4.78, 5) is 28.4. The van der Waals surface area contributed by atoms with Gasteiger partial charge in [0.15, 0.2) is 0 Å². The molecule has 0 unspecified atom stereocenters. The summed E-state index contributed by atoms with van der Waals surface area (Å²) >= 11 is 0. The minimum atomic E-state index is -0.823. The number of rotatable bonds is 4. The van der Waals surface area contributed by atoms with E-state index in [1.54, 1.807) is 0 Å². The Morgan fingerprint density at radius 3 is 2.61 bits per heavy atom. The number of halogens is 1. The molecule has 0 saturated carbocycles. The Kier molecular flexibility index (Phi) is 5.99. The van der Waals surface area contributed by atoms with Crippen LogP contribution in [0.25, 0.3) is 0 Å². The predicted octanol–water partition coefficient (Wildman–Crippen LogP) is -0.805. The molecule has 8 nitrogen and oxygen atoms in total. The molecule has 3 N–H and O–H groups in total. The molecule has 2 aliphatic rings. The summed E-state index contributed by atoms with van der Waals surface area (Å²) in [6, 6.07) is 0. The zero-order chi connectivity index (χ0) is 15.7. The lowest BCUT2D eigenvalue weighted by Gasteiger charge is -2.17. The Bertz CT molecular complexity index is 640. The van der Waals surface area contributed by atoms with Crippen molar-refractivity contribution < 1.29 is 14.9 Å². The summed E-state index contributed by atoms with van der Waals surface area (Å²) < 4.78 is 6.78. The molecule has 2 aliphatic heterocycles. The third-order valence-electron chi connectivity index (χ3n) is 4.33. The molecular weight excluding hydrogens is 326 g/mol. The van der Waals surface area contributed by atoms with Gasteiger partial charge in [-0.1, -0.05) is 0 Å². The molecule has 9 heteroatoms. The summed E-state index contributed by atoms with van der Waals surface area (Å²) in [7, 11) is 0. The molecule has 0 radical (unpaired) electrons. The first kappa shape index (κ1) is 18.2. The lowest BCUT2D eigenvalue weighted by molar-refractivity contribution is -0.0460. The van der Waals surface area contributed by atoms with E-state index in [4.69, 9.17) is 9.84 Å². The summed E-state index contributed by atoms with van der Waals surface area (Å²) in [5.74, 6) is 0. The number of nitrogens with zero attached hydrogens (tertiary/aromatic N) is 2. The highest BCUT2D eigenvalue weighted by Crippen LogP contribution is 2.27. The molecule has 130 valence electrons. The van der Waals surface area contributed by atoms with Crippen LogP contribution in [0.4, 0.5) is 0 Å². The van der Waals surface area contributed by atoms with Crippen LogP contribution in [0.3, 0.4) is 0 Å². The van der Waals surface area contributed by atoms with Crippen LogP contribution >= 0.6 is 12.4 Å². The van der Waals surface area contributed by atoms with Gasteiger partial charge < -0.3 is 14.9 Å². The van der Waals surface area contributed by atoms with E-state index in [9.17, 15) is 14.7 Å². The Hall–Kier alpha value is -1.19. The highest BCUT2D eigenvalue weighted by molar-refractivity contribution is 5.85. The molecule has 0 bridgehead atoms. The Labute approximate surface area is 139 Å². The summed E-state index contributed by atoms with van der Waals surface area (Å²) in [6.07, 6.45) is 1.76. The lowest BCUT2D eigenvalue weighted by Crippen LogP contribution is -2.36. The zero-order valence-electron chi connectivity index (χ0n) is 12.7. The molecule has 0 amide bonds. The van der Waals surface area contributed by atoms with E-state index in [1.165, 1.54) is 10.8 Å². The number of ether oxygens (including phenoxy) is 1. The molecule has 3 heterocycles. The second-order valence-electron chi connectivity index (χ2n) is 5.92. The first-order valence-corrected chi connectivity index (χ1v) is 7.59. The van der Waals surface area contributed by atoms with E-state index in [0.717, 1.165) is 25.9 Å². The summed E-state index contributed by atoms with van der Waals surface area (Å²) in [5, 5.41) is 18.9. The Morgan fingerprint density at radius 1 is 1.30 bits per heavy atom. The van der Waals surface area contributed by atoms with Gasteiger partial charge in [-0.2, -0.15) is 0 Å². The largest absolute Gasteiger partial charge is 0.394 e. The second-order valence-corrected chi connectivity index (χ2v) is 5.92. The first-order valence-electron chi connectivity index (χ1n) is 7.59. The van der Waals surface area contributed by atoms with Crippen molar-refractivity contribution in [1.29, 1.82) is 0 Å². The SMILES string of the molecule is Cl.O=c1[nH]c(=O)n([C@H]2C[C@H](O)[C@@H](CO)O2)cc1CN1CCCC1. The number of H-pyrrole nitrogens is 1. The first-order chi connectivity index (χ1) is 10.6. The zero-order valence-corrected chi connectivity index (χ0v) is 13.5. The molecule has 2 fully saturated rings. The molecule has 0 aromatic carbocycles. The third kappa shape index (κ3) is 3.84. The fraction of sp³-hybridized carbons (Fsp3) is 0.714. The van der Waals surface area contributed by atoms with Gasteiger partial charge in [-0.15, -0.1) is 12.4 Å². The maximum Gasteiger partial charge on any atom is 0.330 e. The standard InChI is InChI=1S/C14H21N3O5.ClH/c18-8-11-10(19)5-12(22-11)17-7-9(13(20)15-14(17)21)6-16-3-1-2-4-16;/h7,10-12,18-19H,1-6,8H2,(H,15,20,21);1H/t10-,11+,12+;/m0./s1. The molecule has 0 aliphatic carbocycles. The van der Waals surface area contributed by atoms with E-state index in [0.29, 0.717) is 12.1 Å². The maximum absolute atomic E-state index is 12.0. The van der Waals surface area contributed by atoms with E-state index in [-0.39, 0.29) is 31.0 Å². The van der Waals surface area contributed by atoms with Crippen molar-refractivity contribution in [2.75, 3.05) is 19.7 Å². The molecule has 1 aromatic rings. The number of hydrogen-bond donors (Lipinski definition) is 3. The van der Waals surface area contributed by atoms with Crippen molar-refractivity contribution in [2.24, 2.45) is 0 Å². The topological polar surface area (TPSA) is 108 Å². The van der Waals surface area contributed by atoms with Crippen molar-refractivity contribution in [2.45, 2.75) is 44.2 Å². The van der Waals surface area contributed by atoms with Crippen LogP contribution in [0.15, 0.2) is 15.8 Å². The quantitative estimate of drug-likeness (QED) is 0.658. The van der Waals surface area contributed by atoms with Gasteiger partial charge >= 0.3 is 5.69 Å². The van der Waals surface area contributed by atoms with Gasteiger partial charge in [-0.3, -0.25) is 19.2 Å². The predicted molar refractivity (Wildman–Crippen MR) is 84.7 cm³/mol. The van der Waals surface area contributed by atoms with Gasteiger partial charge in [0.1, 0.15) is 12.3 Å². The van der Waals surface area contributed by atoms with E-state index < -0.39 is 24.1 Å². The normalized spacial score (nSPS) is 28.0. The Balaban J connectivity index is 0.00000192. The van der Waals surface area contributed by atoms with Gasteiger partial charge in [-0.25, -0.2) is 4.79 Å². The number of aromatic amines is 1.